The average Bonchev–Trinajstić information content (AvgIpc) is 2.85. The Hall–Kier alpha value is -2.19. The molecule has 1 heterocycles. The first-order valence-electron chi connectivity index (χ1n) is 10.7. The second-order valence-electron chi connectivity index (χ2n) is 7.67. The van der Waals surface area contributed by atoms with Gasteiger partial charge in [0.05, 0.1) is 19.8 Å². The first kappa shape index (κ1) is 23.0. The van der Waals surface area contributed by atoms with Crippen LogP contribution < -0.4 is 0 Å². The van der Waals surface area contributed by atoms with Gasteiger partial charge in [0.15, 0.2) is 0 Å². The highest BCUT2D eigenvalue weighted by atomic mass is 32.2. The Labute approximate surface area is 193 Å². The molecule has 1 aliphatic heterocycles. The first-order valence-corrected chi connectivity index (χ1v) is 11.6. The summed E-state index contributed by atoms with van der Waals surface area (Å²) in [6, 6.07) is 29.6. The van der Waals surface area contributed by atoms with E-state index in [1.807, 2.05) is 91.0 Å². The Morgan fingerprint density at radius 3 is 1.75 bits per heavy atom. The lowest BCUT2D eigenvalue weighted by molar-refractivity contribution is -0.237. The van der Waals surface area contributed by atoms with E-state index in [-0.39, 0.29) is 6.61 Å². The molecule has 32 heavy (non-hydrogen) atoms. The van der Waals surface area contributed by atoms with E-state index in [1.165, 1.54) is 11.8 Å². The van der Waals surface area contributed by atoms with Crippen LogP contribution in [-0.4, -0.2) is 46.7 Å². The molecule has 5 nitrogen and oxygen atoms in total. The summed E-state index contributed by atoms with van der Waals surface area (Å²) in [5.74, 6) is 0. The number of aliphatic hydroxyl groups excluding tert-OH is 2. The minimum Gasteiger partial charge on any atom is -0.394 e. The predicted molar refractivity (Wildman–Crippen MR) is 124 cm³/mol. The minimum absolute atomic E-state index is 0.302. The minimum atomic E-state index is -1.02. The van der Waals surface area contributed by atoms with Crippen LogP contribution in [0.25, 0.3) is 0 Å². The van der Waals surface area contributed by atoms with Gasteiger partial charge < -0.3 is 24.4 Å². The third-order valence-electron chi connectivity index (χ3n) is 5.36. The number of hydrogen-bond donors (Lipinski definition) is 2. The maximum Gasteiger partial charge on any atom is 0.137 e. The quantitative estimate of drug-likeness (QED) is 0.511. The maximum atomic E-state index is 11.0. The van der Waals surface area contributed by atoms with Gasteiger partial charge in [-0.1, -0.05) is 90.6 Å². The Morgan fingerprint density at radius 2 is 1.22 bits per heavy atom. The molecule has 1 aliphatic rings. The molecule has 0 aromatic heterocycles. The van der Waals surface area contributed by atoms with Crippen LogP contribution in [0.3, 0.4) is 0 Å². The summed E-state index contributed by atoms with van der Waals surface area (Å²) in [6.45, 7) is 0.390. The van der Waals surface area contributed by atoms with Crippen LogP contribution in [0.2, 0.25) is 0 Å². The summed E-state index contributed by atoms with van der Waals surface area (Å²) in [4.78, 5) is 1.01. The van der Waals surface area contributed by atoms with Gasteiger partial charge in [-0.2, -0.15) is 0 Å². The van der Waals surface area contributed by atoms with E-state index >= 15 is 0 Å². The zero-order valence-corrected chi connectivity index (χ0v) is 18.5. The topological polar surface area (TPSA) is 68.2 Å². The number of ether oxygens (including phenoxy) is 3. The molecule has 0 bridgehead atoms. The summed E-state index contributed by atoms with van der Waals surface area (Å²) in [5.41, 5.74) is 1.57. The number of thioether (sulfide) groups is 1. The van der Waals surface area contributed by atoms with Crippen LogP contribution in [0.1, 0.15) is 11.1 Å². The molecule has 6 heteroatoms. The van der Waals surface area contributed by atoms with Crippen molar-refractivity contribution in [3.05, 3.63) is 102 Å². The van der Waals surface area contributed by atoms with E-state index in [0.717, 1.165) is 16.0 Å². The monoisotopic (exact) mass is 452 g/mol. The van der Waals surface area contributed by atoms with Crippen molar-refractivity contribution < 1.29 is 24.4 Å². The molecule has 0 radical (unpaired) electrons. The van der Waals surface area contributed by atoms with Crippen molar-refractivity contribution in [3.63, 3.8) is 0 Å². The van der Waals surface area contributed by atoms with Gasteiger partial charge in [0.25, 0.3) is 0 Å². The van der Waals surface area contributed by atoms with Gasteiger partial charge in [0.2, 0.25) is 0 Å². The van der Waals surface area contributed by atoms with Gasteiger partial charge in [-0.25, -0.2) is 0 Å². The first-order chi connectivity index (χ1) is 15.7. The molecule has 3 aromatic rings. The summed E-state index contributed by atoms with van der Waals surface area (Å²) in [6.07, 6.45) is -2.97. The normalized spacial score (nSPS) is 25.5. The van der Waals surface area contributed by atoms with Gasteiger partial charge >= 0.3 is 0 Å². The zero-order chi connectivity index (χ0) is 22.2. The van der Waals surface area contributed by atoms with Crippen molar-refractivity contribution in [2.24, 2.45) is 0 Å². The number of benzene rings is 3. The highest BCUT2D eigenvalue weighted by Crippen LogP contribution is 2.36. The van der Waals surface area contributed by atoms with Crippen molar-refractivity contribution in [1.82, 2.24) is 0 Å². The van der Waals surface area contributed by atoms with Gasteiger partial charge in [0, 0.05) is 4.90 Å². The second kappa shape index (κ2) is 11.6. The second-order valence-corrected chi connectivity index (χ2v) is 8.84. The van der Waals surface area contributed by atoms with Crippen molar-refractivity contribution in [3.8, 4) is 0 Å². The van der Waals surface area contributed by atoms with Gasteiger partial charge in [0.1, 0.15) is 29.9 Å². The third-order valence-corrected chi connectivity index (χ3v) is 6.52. The standard InChI is InChI=1S/C26H28O5S/c27-16-22-23(28)24(29-17-19-10-4-1-5-11-19)25(30-18-20-12-6-2-7-13-20)26(31-22)32-21-14-8-3-9-15-21/h1-15,22-28H,16-18H2/t22?,23-,24+,25?,26-/m1/s1. The molecular weight excluding hydrogens is 424 g/mol. The van der Waals surface area contributed by atoms with Crippen LogP contribution in [0, 0.1) is 0 Å². The Balaban J connectivity index is 1.56. The predicted octanol–water partition coefficient (Wildman–Crippen LogP) is 4.03. The molecule has 2 unspecified atom stereocenters. The molecule has 0 aliphatic carbocycles. The summed E-state index contributed by atoms with van der Waals surface area (Å²) >= 11 is 1.50. The molecule has 1 saturated heterocycles. The largest absolute Gasteiger partial charge is 0.394 e. The lowest BCUT2D eigenvalue weighted by Crippen LogP contribution is -2.59. The van der Waals surface area contributed by atoms with E-state index in [2.05, 4.69) is 0 Å². The maximum absolute atomic E-state index is 11.0. The highest BCUT2D eigenvalue weighted by Gasteiger charge is 2.47. The molecule has 0 saturated carbocycles. The fraction of sp³-hybridized carbons (Fsp3) is 0.308. The average molecular weight is 453 g/mol. The highest BCUT2D eigenvalue weighted by molar-refractivity contribution is 7.99. The zero-order valence-electron chi connectivity index (χ0n) is 17.7. The Morgan fingerprint density at radius 1 is 0.719 bits per heavy atom. The fourth-order valence-electron chi connectivity index (χ4n) is 3.67. The van der Waals surface area contributed by atoms with Crippen LogP contribution in [0.5, 0.6) is 0 Å². The molecular formula is C26H28O5S. The molecule has 3 aromatic carbocycles. The van der Waals surface area contributed by atoms with E-state index in [0.29, 0.717) is 13.2 Å². The van der Waals surface area contributed by atoms with E-state index < -0.39 is 29.9 Å². The number of aliphatic hydroxyl groups is 2. The van der Waals surface area contributed by atoms with Crippen LogP contribution in [0.15, 0.2) is 95.9 Å². The summed E-state index contributed by atoms with van der Waals surface area (Å²) < 4.78 is 18.6. The molecule has 5 atom stereocenters. The summed E-state index contributed by atoms with van der Waals surface area (Å²) in [5, 5.41) is 20.8. The molecule has 4 rings (SSSR count). The number of hydrogen-bond acceptors (Lipinski definition) is 6. The van der Waals surface area contributed by atoms with Crippen molar-refractivity contribution in [1.29, 1.82) is 0 Å². The summed E-state index contributed by atoms with van der Waals surface area (Å²) in [7, 11) is 0. The van der Waals surface area contributed by atoms with Gasteiger partial charge in [-0.3, -0.25) is 0 Å². The Bertz CT molecular complexity index is 925. The SMILES string of the molecule is OCC1O[C@H](Sc2ccccc2)C(OCc2ccccc2)[C@@H](OCc2ccccc2)[C@@H]1O. The van der Waals surface area contributed by atoms with E-state index in [4.69, 9.17) is 14.2 Å². The molecule has 168 valence electrons. The van der Waals surface area contributed by atoms with Gasteiger partial charge in [-0.05, 0) is 23.3 Å². The van der Waals surface area contributed by atoms with Crippen molar-refractivity contribution in [2.75, 3.05) is 6.61 Å². The smallest absolute Gasteiger partial charge is 0.137 e. The molecule has 2 N–H and O–H groups in total. The van der Waals surface area contributed by atoms with Crippen molar-refractivity contribution >= 4 is 11.8 Å². The van der Waals surface area contributed by atoms with E-state index in [9.17, 15) is 10.2 Å². The van der Waals surface area contributed by atoms with Crippen LogP contribution in [-0.2, 0) is 27.4 Å². The Kier molecular flexibility index (Phi) is 8.34. The van der Waals surface area contributed by atoms with E-state index in [1.54, 1.807) is 0 Å². The van der Waals surface area contributed by atoms with Crippen LogP contribution in [0.4, 0.5) is 0 Å². The number of rotatable bonds is 9. The fourth-order valence-corrected chi connectivity index (χ4v) is 4.82. The third kappa shape index (κ3) is 5.98. The lowest BCUT2D eigenvalue weighted by Gasteiger charge is -2.43. The lowest BCUT2D eigenvalue weighted by atomic mass is 9.99. The van der Waals surface area contributed by atoms with Gasteiger partial charge in [-0.15, -0.1) is 0 Å². The van der Waals surface area contributed by atoms with Crippen molar-refractivity contribution in [2.45, 2.75) is 48.0 Å². The molecule has 0 amide bonds. The molecule has 0 spiro atoms. The van der Waals surface area contributed by atoms with Crippen LogP contribution >= 0.6 is 11.8 Å². The molecule has 1 fully saturated rings.